The molecular formula is C15H8Cl3N4O-. The lowest BCUT2D eigenvalue weighted by Gasteiger charge is -2.29. The van der Waals surface area contributed by atoms with Crippen molar-refractivity contribution in [3.8, 4) is 11.3 Å². The molecule has 0 saturated heterocycles. The standard InChI is InChI=1S/C15H8Cl3N4O/c16-10-1-2-11(17)13(8-10)22(23)15-20-6-4-12(21-15)9-3-5-19-14(18)7-9/h1-8H/q-1. The van der Waals surface area contributed by atoms with Gasteiger partial charge in [0.1, 0.15) is 5.15 Å². The van der Waals surface area contributed by atoms with Gasteiger partial charge >= 0.3 is 0 Å². The average Bonchev–Trinajstić information content (AvgIpc) is 2.56. The zero-order valence-corrected chi connectivity index (χ0v) is 13.7. The van der Waals surface area contributed by atoms with Crippen molar-refractivity contribution in [1.82, 2.24) is 15.0 Å². The van der Waals surface area contributed by atoms with Gasteiger partial charge in [0.2, 0.25) is 5.95 Å². The predicted molar refractivity (Wildman–Crippen MR) is 92.2 cm³/mol. The van der Waals surface area contributed by atoms with Gasteiger partial charge < -0.3 is 10.3 Å². The third-order valence-corrected chi connectivity index (χ3v) is 3.74. The molecule has 0 spiro atoms. The van der Waals surface area contributed by atoms with Crippen molar-refractivity contribution in [3.63, 3.8) is 0 Å². The first-order valence-corrected chi connectivity index (χ1v) is 7.55. The number of rotatable bonds is 3. The van der Waals surface area contributed by atoms with Crippen LogP contribution in [0.1, 0.15) is 0 Å². The molecule has 0 fully saturated rings. The highest BCUT2D eigenvalue weighted by Gasteiger charge is 2.09. The fourth-order valence-electron chi connectivity index (χ4n) is 1.92. The first-order valence-electron chi connectivity index (χ1n) is 6.42. The molecular weight excluding hydrogens is 359 g/mol. The smallest absolute Gasteiger partial charge is 0.219 e. The Labute approximate surface area is 147 Å². The maximum Gasteiger partial charge on any atom is 0.219 e. The number of benzene rings is 1. The number of hydrogen-bond acceptors (Lipinski definition) is 5. The number of hydrogen-bond donors (Lipinski definition) is 0. The molecule has 0 unspecified atom stereocenters. The van der Waals surface area contributed by atoms with Gasteiger partial charge in [0, 0.05) is 23.0 Å². The Morgan fingerprint density at radius 2 is 1.70 bits per heavy atom. The van der Waals surface area contributed by atoms with E-state index < -0.39 is 0 Å². The molecule has 0 saturated carbocycles. The Morgan fingerprint density at radius 1 is 0.913 bits per heavy atom. The summed E-state index contributed by atoms with van der Waals surface area (Å²) in [4.78, 5) is 12.1. The Bertz CT molecular complexity index is 860. The second-order valence-corrected chi connectivity index (χ2v) is 5.73. The predicted octanol–water partition coefficient (Wildman–Crippen LogP) is 5.13. The van der Waals surface area contributed by atoms with Crippen LogP contribution in [0, 0.1) is 5.21 Å². The van der Waals surface area contributed by atoms with Crippen LogP contribution < -0.4 is 5.06 Å². The molecule has 116 valence electrons. The van der Waals surface area contributed by atoms with Crippen LogP contribution >= 0.6 is 34.8 Å². The molecule has 0 N–H and O–H groups in total. The SMILES string of the molecule is [O-]N(c1nccc(-c2ccnc(Cl)c2)n1)c1cc(Cl)ccc1Cl. The minimum atomic E-state index is -0.0559. The van der Waals surface area contributed by atoms with Crippen molar-refractivity contribution in [2.75, 3.05) is 5.06 Å². The van der Waals surface area contributed by atoms with Gasteiger partial charge in [-0.1, -0.05) is 34.8 Å². The van der Waals surface area contributed by atoms with E-state index in [0.29, 0.717) is 20.9 Å². The fraction of sp³-hybridized carbons (Fsp3) is 0. The molecule has 2 heterocycles. The van der Waals surface area contributed by atoms with Crippen molar-refractivity contribution in [1.29, 1.82) is 0 Å². The van der Waals surface area contributed by atoms with Gasteiger partial charge in [-0.15, -0.1) is 0 Å². The van der Waals surface area contributed by atoms with Crippen LogP contribution in [0.3, 0.4) is 0 Å². The van der Waals surface area contributed by atoms with Gasteiger partial charge in [-0.25, -0.2) is 15.0 Å². The summed E-state index contributed by atoms with van der Waals surface area (Å²) in [6.07, 6.45) is 3.04. The van der Waals surface area contributed by atoms with Crippen LogP contribution in [-0.2, 0) is 0 Å². The lowest BCUT2D eigenvalue weighted by molar-refractivity contribution is 1.08. The topological polar surface area (TPSA) is 65.0 Å². The second-order valence-electron chi connectivity index (χ2n) is 4.50. The molecule has 1 aromatic carbocycles. The lowest BCUT2D eigenvalue weighted by Crippen LogP contribution is -2.11. The van der Waals surface area contributed by atoms with Crippen molar-refractivity contribution >= 4 is 46.4 Å². The summed E-state index contributed by atoms with van der Waals surface area (Å²) in [6.45, 7) is 0. The van der Waals surface area contributed by atoms with Gasteiger partial charge in [-0.2, -0.15) is 0 Å². The summed E-state index contributed by atoms with van der Waals surface area (Å²) >= 11 is 17.8. The first kappa shape index (κ1) is 16.0. The van der Waals surface area contributed by atoms with E-state index in [0.717, 1.165) is 5.56 Å². The van der Waals surface area contributed by atoms with Crippen LogP contribution in [0.2, 0.25) is 15.2 Å². The summed E-state index contributed by atoms with van der Waals surface area (Å²) in [7, 11) is 0. The number of halogens is 3. The Balaban J connectivity index is 2.01. The third kappa shape index (κ3) is 3.54. The van der Waals surface area contributed by atoms with Gasteiger partial charge in [0.15, 0.2) is 0 Å². The zero-order chi connectivity index (χ0) is 16.4. The second kappa shape index (κ2) is 6.68. The zero-order valence-electron chi connectivity index (χ0n) is 11.4. The van der Waals surface area contributed by atoms with Crippen LogP contribution in [-0.4, -0.2) is 15.0 Å². The van der Waals surface area contributed by atoms with E-state index in [1.165, 1.54) is 18.3 Å². The van der Waals surface area contributed by atoms with E-state index >= 15 is 0 Å². The van der Waals surface area contributed by atoms with Gasteiger partial charge in [-0.3, -0.25) is 0 Å². The molecule has 0 amide bonds. The first-order chi connectivity index (χ1) is 11.0. The fourth-order valence-corrected chi connectivity index (χ4v) is 2.45. The van der Waals surface area contributed by atoms with Crippen LogP contribution in [0.15, 0.2) is 48.8 Å². The summed E-state index contributed by atoms with van der Waals surface area (Å²) < 4.78 is 0. The molecule has 3 rings (SSSR count). The van der Waals surface area contributed by atoms with E-state index in [9.17, 15) is 5.21 Å². The van der Waals surface area contributed by atoms with Crippen molar-refractivity contribution in [2.24, 2.45) is 0 Å². The number of nitrogens with zero attached hydrogens (tertiary/aromatic N) is 4. The van der Waals surface area contributed by atoms with Crippen molar-refractivity contribution in [3.05, 3.63) is 69.2 Å². The highest BCUT2D eigenvalue weighted by atomic mass is 35.5. The molecule has 0 radical (unpaired) electrons. The minimum Gasteiger partial charge on any atom is -0.752 e. The Hall–Kier alpha value is -1.92. The molecule has 0 aliphatic rings. The number of anilines is 2. The minimum absolute atomic E-state index is 0.0559. The molecule has 0 aliphatic carbocycles. The number of aromatic nitrogens is 3. The van der Waals surface area contributed by atoms with E-state index in [2.05, 4.69) is 15.0 Å². The van der Waals surface area contributed by atoms with Crippen molar-refractivity contribution < 1.29 is 0 Å². The summed E-state index contributed by atoms with van der Waals surface area (Å²) in [6, 6.07) is 9.64. The molecule has 3 aromatic rings. The van der Waals surface area contributed by atoms with E-state index in [4.69, 9.17) is 34.8 Å². The summed E-state index contributed by atoms with van der Waals surface area (Å²) in [5, 5.41) is 14.0. The number of pyridine rings is 1. The summed E-state index contributed by atoms with van der Waals surface area (Å²) in [5.74, 6) is -0.0559. The van der Waals surface area contributed by atoms with E-state index in [1.54, 1.807) is 30.5 Å². The van der Waals surface area contributed by atoms with E-state index in [1.807, 2.05) is 0 Å². The molecule has 0 aliphatic heterocycles. The van der Waals surface area contributed by atoms with Gasteiger partial charge in [0.05, 0.1) is 16.4 Å². The molecule has 0 atom stereocenters. The average molecular weight is 367 g/mol. The summed E-state index contributed by atoms with van der Waals surface area (Å²) in [5.41, 5.74) is 1.43. The normalized spacial score (nSPS) is 10.6. The maximum atomic E-state index is 12.5. The Morgan fingerprint density at radius 3 is 2.48 bits per heavy atom. The van der Waals surface area contributed by atoms with E-state index in [-0.39, 0.29) is 16.7 Å². The quantitative estimate of drug-likeness (QED) is 0.474. The molecule has 23 heavy (non-hydrogen) atoms. The highest BCUT2D eigenvalue weighted by molar-refractivity contribution is 6.35. The lowest BCUT2D eigenvalue weighted by atomic mass is 10.2. The van der Waals surface area contributed by atoms with Crippen LogP contribution in [0.4, 0.5) is 11.6 Å². The van der Waals surface area contributed by atoms with Crippen LogP contribution in [0.5, 0.6) is 0 Å². The Kier molecular flexibility index (Phi) is 4.63. The van der Waals surface area contributed by atoms with Gasteiger partial charge in [-0.05, 0) is 36.4 Å². The molecule has 0 bridgehead atoms. The maximum absolute atomic E-state index is 12.5. The van der Waals surface area contributed by atoms with Crippen LogP contribution in [0.25, 0.3) is 11.3 Å². The molecule has 5 nitrogen and oxygen atoms in total. The largest absolute Gasteiger partial charge is 0.752 e. The van der Waals surface area contributed by atoms with Crippen molar-refractivity contribution in [2.45, 2.75) is 0 Å². The monoisotopic (exact) mass is 365 g/mol. The highest BCUT2D eigenvalue weighted by Crippen LogP contribution is 2.32. The van der Waals surface area contributed by atoms with Gasteiger partial charge in [0.25, 0.3) is 0 Å². The molecule has 2 aromatic heterocycles. The molecule has 8 heteroatoms. The third-order valence-electron chi connectivity index (χ3n) is 2.97.